The number of hydrogen-bond acceptors (Lipinski definition) is 9. The molecule has 220 valence electrons. The summed E-state index contributed by atoms with van der Waals surface area (Å²) in [5.74, 6) is -0.608. The monoisotopic (exact) mass is 608 g/mol. The van der Waals surface area contributed by atoms with Crippen molar-refractivity contribution in [1.29, 1.82) is 0 Å². The number of ketones is 1. The van der Waals surface area contributed by atoms with Crippen molar-refractivity contribution in [2.45, 2.75) is 44.2 Å². The van der Waals surface area contributed by atoms with Gasteiger partial charge in [-0.05, 0) is 44.0 Å². The summed E-state index contributed by atoms with van der Waals surface area (Å²) in [6.45, 7) is 2.07. The number of carbonyl (C=O) groups is 2. The smallest absolute Gasteiger partial charge is 0.337 e. The highest BCUT2D eigenvalue weighted by Crippen LogP contribution is 2.28. The van der Waals surface area contributed by atoms with Gasteiger partial charge in [0.15, 0.2) is 11.2 Å². The van der Waals surface area contributed by atoms with Gasteiger partial charge in [-0.2, -0.15) is 0 Å². The predicted octanol–water partition coefficient (Wildman–Crippen LogP) is 2.08. The first-order valence-corrected chi connectivity index (χ1v) is 14.1. The van der Waals surface area contributed by atoms with Gasteiger partial charge in [0.25, 0.3) is 5.56 Å². The highest BCUT2D eigenvalue weighted by molar-refractivity contribution is 7.89. The van der Waals surface area contributed by atoms with Gasteiger partial charge in [0.05, 0.1) is 35.4 Å². The van der Waals surface area contributed by atoms with Crippen LogP contribution in [-0.2, 0) is 42.0 Å². The molecule has 41 heavy (non-hydrogen) atoms. The molecule has 0 fully saturated rings. The van der Waals surface area contributed by atoms with Crippen LogP contribution in [0.3, 0.4) is 0 Å². The third-order valence-electron chi connectivity index (χ3n) is 6.00. The molecule has 3 aromatic heterocycles. The van der Waals surface area contributed by atoms with Gasteiger partial charge >= 0.3 is 11.7 Å². The van der Waals surface area contributed by atoms with E-state index in [1.807, 2.05) is 0 Å². The fourth-order valence-corrected chi connectivity index (χ4v) is 5.03. The number of unbranched alkanes of at least 4 members (excludes halogenated alkanes) is 1. The SMILES string of the molecule is CC(=O)CCCCn1c(=O)c2c(ncn2C)n(C)c1=O.NS(=O)(=O)c1cc(C(=O)O)c(NCc2ccco2)cc1Cl. The fraction of sp³-hybridized carbons (Fsp3) is 0.320. The minimum Gasteiger partial charge on any atom is -0.478 e. The molecule has 4 rings (SSSR count). The number of aromatic nitrogens is 4. The fourth-order valence-electron chi connectivity index (χ4n) is 3.93. The number of furan rings is 1. The van der Waals surface area contributed by atoms with Gasteiger partial charge in [-0.1, -0.05) is 11.6 Å². The third-order valence-corrected chi connectivity index (χ3v) is 7.38. The quantitative estimate of drug-likeness (QED) is 0.224. The molecule has 0 atom stereocenters. The minimum atomic E-state index is -4.11. The Morgan fingerprint density at radius 3 is 2.49 bits per heavy atom. The second-order valence-corrected chi connectivity index (χ2v) is 11.0. The molecule has 0 radical (unpaired) electrons. The molecule has 0 aliphatic rings. The molecule has 3 heterocycles. The minimum absolute atomic E-state index is 0.118. The van der Waals surface area contributed by atoms with Crippen LogP contribution >= 0.6 is 11.6 Å². The van der Waals surface area contributed by atoms with Gasteiger partial charge in [0.1, 0.15) is 16.4 Å². The van der Waals surface area contributed by atoms with E-state index < -0.39 is 20.9 Å². The van der Waals surface area contributed by atoms with Crippen LogP contribution in [0.1, 0.15) is 42.3 Å². The number of benzene rings is 1. The summed E-state index contributed by atoms with van der Waals surface area (Å²) in [5.41, 5.74) is 0.0161. The number of nitrogens with two attached hydrogens (primary N) is 1. The number of carbonyl (C=O) groups excluding carboxylic acids is 1. The lowest BCUT2D eigenvalue weighted by molar-refractivity contribution is -0.117. The zero-order valence-electron chi connectivity index (χ0n) is 22.5. The van der Waals surface area contributed by atoms with Gasteiger partial charge in [0, 0.05) is 27.1 Å². The number of Topliss-reactive ketones (excluding diaryl/α,β-unsaturated/α-hetero) is 1. The van der Waals surface area contributed by atoms with Crippen LogP contribution in [-0.4, -0.2) is 44.0 Å². The van der Waals surface area contributed by atoms with Gasteiger partial charge in [-0.15, -0.1) is 0 Å². The van der Waals surface area contributed by atoms with Crippen molar-refractivity contribution in [1.82, 2.24) is 18.7 Å². The number of sulfonamides is 1. The second-order valence-electron chi connectivity index (χ2n) is 9.10. The molecule has 0 saturated heterocycles. The Bertz CT molecular complexity index is 1810. The van der Waals surface area contributed by atoms with Crippen molar-refractivity contribution in [3.63, 3.8) is 0 Å². The molecule has 0 amide bonds. The summed E-state index contributed by atoms with van der Waals surface area (Å²) < 4.78 is 32.0. The van der Waals surface area contributed by atoms with Crippen LogP contribution in [0.5, 0.6) is 0 Å². The summed E-state index contributed by atoms with van der Waals surface area (Å²) in [6, 6.07) is 5.51. The van der Waals surface area contributed by atoms with Crippen molar-refractivity contribution >= 4 is 50.2 Å². The number of halogens is 1. The zero-order valence-corrected chi connectivity index (χ0v) is 24.0. The third kappa shape index (κ3) is 7.50. The molecule has 16 heteroatoms. The molecular formula is C25H29ClN6O8S. The highest BCUT2D eigenvalue weighted by Gasteiger charge is 2.20. The summed E-state index contributed by atoms with van der Waals surface area (Å²) in [4.78, 5) is 50.2. The summed E-state index contributed by atoms with van der Waals surface area (Å²) in [5, 5.41) is 16.8. The number of carboxylic acid groups (broad SMARTS) is 1. The average Bonchev–Trinajstić information content (AvgIpc) is 3.55. The summed E-state index contributed by atoms with van der Waals surface area (Å²) in [7, 11) is -0.782. The first-order valence-electron chi connectivity index (χ1n) is 12.2. The van der Waals surface area contributed by atoms with Crippen molar-refractivity contribution < 1.29 is 27.5 Å². The Hall–Kier alpha value is -4.21. The van der Waals surface area contributed by atoms with Crippen LogP contribution in [0.4, 0.5) is 5.69 Å². The van der Waals surface area contributed by atoms with Crippen LogP contribution in [0.2, 0.25) is 5.02 Å². The Balaban J connectivity index is 0.000000226. The normalized spacial score (nSPS) is 11.2. The van der Waals surface area contributed by atoms with Gasteiger partial charge in [0.2, 0.25) is 10.0 Å². The lowest BCUT2D eigenvalue weighted by atomic mass is 10.1. The zero-order chi connectivity index (χ0) is 30.5. The first kappa shape index (κ1) is 31.3. The molecule has 1 aromatic carbocycles. The Kier molecular flexibility index (Phi) is 9.91. The maximum Gasteiger partial charge on any atom is 0.337 e. The number of nitrogens with one attached hydrogen (secondary N) is 1. The molecule has 0 aliphatic carbocycles. The number of carboxylic acids is 1. The van der Waals surface area contributed by atoms with Gasteiger partial charge < -0.3 is 24.2 Å². The van der Waals surface area contributed by atoms with Crippen LogP contribution < -0.4 is 21.7 Å². The predicted molar refractivity (Wildman–Crippen MR) is 151 cm³/mol. The molecule has 0 aliphatic heterocycles. The molecule has 4 aromatic rings. The maximum absolute atomic E-state index is 12.3. The lowest BCUT2D eigenvalue weighted by Crippen LogP contribution is -2.39. The standard InChI is InChI=1S/C13H18N4O3.C12H11ClN2O5S/c1-9(18)6-4-5-7-17-12(19)10-11(14-8-15(10)2)16(3)13(17)20;13-9-5-10(15-6-7-2-1-3-20-7)8(12(16)17)4-11(9)21(14,18)19/h8H,4-7H2,1-3H3;1-5,15H,6H2,(H,16,17)(H2,14,18,19). The Labute approximate surface area is 239 Å². The number of aromatic carboxylic acids is 1. The molecule has 0 saturated carbocycles. The van der Waals surface area contributed by atoms with E-state index in [4.69, 9.17) is 26.3 Å². The van der Waals surface area contributed by atoms with E-state index in [2.05, 4.69) is 10.3 Å². The number of nitrogens with zero attached hydrogens (tertiary/aromatic N) is 4. The largest absolute Gasteiger partial charge is 0.478 e. The van der Waals surface area contributed by atoms with E-state index in [0.29, 0.717) is 42.7 Å². The van der Waals surface area contributed by atoms with Crippen molar-refractivity contribution in [2.24, 2.45) is 19.2 Å². The van der Waals surface area contributed by atoms with E-state index in [9.17, 15) is 27.6 Å². The number of fused-ring (bicyclic) bond motifs is 1. The molecule has 0 bridgehead atoms. The Morgan fingerprint density at radius 2 is 1.90 bits per heavy atom. The number of hydrogen-bond donors (Lipinski definition) is 3. The van der Waals surface area contributed by atoms with E-state index in [1.54, 1.807) is 30.8 Å². The average molecular weight is 609 g/mol. The van der Waals surface area contributed by atoms with Crippen molar-refractivity contribution in [2.75, 3.05) is 5.32 Å². The molecule has 0 spiro atoms. The lowest BCUT2D eigenvalue weighted by Gasteiger charge is -2.11. The first-order chi connectivity index (χ1) is 19.2. The number of aryl methyl sites for hydroxylation is 2. The number of primary sulfonamides is 1. The number of anilines is 1. The maximum atomic E-state index is 12.3. The molecule has 4 N–H and O–H groups in total. The summed E-state index contributed by atoms with van der Waals surface area (Å²) in [6.07, 6.45) is 4.77. The van der Waals surface area contributed by atoms with E-state index in [1.165, 1.54) is 34.7 Å². The highest BCUT2D eigenvalue weighted by atomic mass is 35.5. The van der Waals surface area contributed by atoms with Gasteiger partial charge in [-0.25, -0.2) is 28.1 Å². The topological polar surface area (TPSA) is 202 Å². The van der Waals surface area contributed by atoms with E-state index >= 15 is 0 Å². The van der Waals surface area contributed by atoms with Crippen LogP contribution in [0.25, 0.3) is 11.2 Å². The molecule has 0 unspecified atom stereocenters. The van der Waals surface area contributed by atoms with E-state index in [0.717, 1.165) is 6.07 Å². The van der Waals surface area contributed by atoms with E-state index in [-0.39, 0.29) is 39.9 Å². The van der Waals surface area contributed by atoms with Crippen LogP contribution in [0, 0.1) is 0 Å². The van der Waals surface area contributed by atoms with Crippen LogP contribution in [0.15, 0.2) is 55.8 Å². The number of rotatable bonds is 10. The Morgan fingerprint density at radius 1 is 1.20 bits per heavy atom. The second kappa shape index (κ2) is 13.0. The van der Waals surface area contributed by atoms with Gasteiger partial charge in [-0.3, -0.25) is 13.9 Å². The summed E-state index contributed by atoms with van der Waals surface area (Å²) >= 11 is 5.84. The molecule has 14 nitrogen and oxygen atoms in total. The number of imidazole rings is 1. The van der Waals surface area contributed by atoms with Crippen molar-refractivity contribution in [3.05, 3.63) is 74.0 Å². The van der Waals surface area contributed by atoms with Crippen molar-refractivity contribution in [3.8, 4) is 0 Å². The molecular weight excluding hydrogens is 580 g/mol.